The Morgan fingerprint density at radius 1 is 1.26 bits per heavy atom. The number of amides is 1. The first-order valence-electron chi connectivity index (χ1n) is 8.42. The third-order valence-corrected chi connectivity index (χ3v) is 3.97. The monoisotopic (exact) mass is 318 g/mol. The van der Waals surface area contributed by atoms with Gasteiger partial charge in [-0.3, -0.25) is 9.78 Å². The van der Waals surface area contributed by atoms with E-state index in [0.717, 1.165) is 44.0 Å². The van der Waals surface area contributed by atoms with Gasteiger partial charge in [0.05, 0.1) is 12.2 Å². The molecule has 0 saturated carbocycles. The lowest BCUT2D eigenvalue weighted by Gasteiger charge is -2.25. The molecule has 0 aliphatic heterocycles. The van der Waals surface area contributed by atoms with Crippen molar-refractivity contribution in [2.45, 2.75) is 27.3 Å². The number of hydrogen-bond donors (Lipinski definition) is 1. The van der Waals surface area contributed by atoms with Gasteiger partial charge in [0.2, 0.25) is 5.91 Å². The largest absolute Gasteiger partial charge is 0.341 e. The Kier molecular flexibility index (Phi) is 9.17. The van der Waals surface area contributed by atoms with Crippen LogP contribution in [-0.4, -0.2) is 60.0 Å². The quantitative estimate of drug-likeness (QED) is 0.678. The summed E-state index contributed by atoms with van der Waals surface area (Å²) in [6.07, 6.45) is 3.56. The van der Waals surface area contributed by atoms with Crippen molar-refractivity contribution in [2.24, 2.45) is 0 Å². The van der Waals surface area contributed by atoms with Crippen molar-refractivity contribution in [1.82, 2.24) is 20.1 Å². The van der Waals surface area contributed by atoms with Crippen LogP contribution < -0.4 is 5.32 Å². The van der Waals surface area contributed by atoms with E-state index in [2.05, 4.69) is 35.6 Å². The molecule has 0 saturated heterocycles. The predicted octanol–water partition coefficient (Wildman–Crippen LogP) is 2.00. The first-order chi connectivity index (χ1) is 11.1. The molecule has 0 aliphatic rings. The molecule has 0 fully saturated rings. The maximum atomic E-state index is 12.3. The number of rotatable bonds is 11. The maximum Gasteiger partial charge on any atom is 0.236 e. The van der Waals surface area contributed by atoms with E-state index < -0.39 is 0 Å². The second-order valence-corrected chi connectivity index (χ2v) is 5.39. The van der Waals surface area contributed by atoms with Crippen LogP contribution in [0.25, 0.3) is 6.08 Å². The van der Waals surface area contributed by atoms with Gasteiger partial charge in [0.25, 0.3) is 0 Å². The average molecular weight is 318 g/mol. The van der Waals surface area contributed by atoms with E-state index in [9.17, 15) is 4.79 Å². The third-order valence-electron chi connectivity index (χ3n) is 3.97. The predicted molar refractivity (Wildman–Crippen MR) is 96.1 cm³/mol. The number of nitrogens with zero attached hydrogens (tertiary/aromatic N) is 3. The fourth-order valence-corrected chi connectivity index (χ4v) is 2.39. The maximum absolute atomic E-state index is 12.3. The van der Waals surface area contributed by atoms with E-state index in [-0.39, 0.29) is 5.91 Å². The zero-order valence-corrected chi connectivity index (χ0v) is 14.7. The summed E-state index contributed by atoms with van der Waals surface area (Å²) in [6, 6.07) is 3.89. The second-order valence-electron chi connectivity index (χ2n) is 5.39. The van der Waals surface area contributed by atoms with Gasteiger partial charge in [0.1, 0.15) is 0 Å². The minimum absolute atomic E-state index is 0.138. The van der Waals surface area contributed by atoms with Crippen molar-refractivity contribution in [1.29, 1.82) is 0 Å². The fourth-order valence-electron chi connectivity index (χ4n) is 2.39. The molecule has 1 aromatic heterocycles. The Balaban J connectivity index is 2.39. The van der Waals surface area contributed by atoms with E-state index in [0.29, 0.717) is 13.1 Å². The molecule has 0 radical (unpaired) electrons. The van der Waals surface area contributed by atoms with Crippen molar-refractivity contribution < 1.29 is 4.79 Å². The van der Waals surface area contributed by atoms with Crippen LogP contribution in [-0.2, 0) is 11.3 Å². The highest BCUT2D eigenvalue weighted by Gasteiger charge is 2.12. The number of likely N-dealkylation sites (N-methyl/N-ethyl adjacent to an activating group) is 2. The van der Waals surface area contributed by atoms with Gasteiger partial charge in [-0.25, -0.2) is 0 Å². The van der Waals surface area contributed by atoms with Gasteiger partial charge in [-0.1, -0.05) is 26.5 Å². The summed E-state index contributed by atoms with van der Waals surface area (Å²) in [6.45, 7) is 15.5. The molecule has 1 rings (SSSR count). The summed E-state index contributed by atoms with van der Waals surface area (Å²) >= 11 is 0. The molecule has 128 valence electrons. The number of hydrogen-bond acceptors (Lipinski definition) is 4. The summed E-state index contributed by atoms with van der Waals surface area (Å²) in [4.78, 5) is 20.8. The molecule has 1 heterocycles. The van der Waals surface area contributed by atoms with Gasteiger partial charge in [-0.2, -0.15) is 0 Å². The van der Waals surface area contributed by atoms with Crippen LogP contribution in [0.1, 0.15) is 32.0 Å². The normalized spacial score (nSPS) is 10.8. The lowest BCUT2D eigenvalue weighted by Crippen LogP contribution is -2.42. The molecule has 0 aliphatic carbocycles. The lowest BCUT2D eigenvalue weighted by atomic mass is 10.2. The summed E-state index contributed by atoms with van der Waals surface area (Å²) in [5.74, 6) is 0.138. The van der Waals surface area contributed by atoms with Crippen LogP contribution in [0.2, 0.25) is 0 Å². The van der Waals surface area contributed by atoms with E-state index in [1.807, 2.05) is 24.0 Å². The molecule has 0 unspecified atom stereocenters. The highest BCUT2D eigenvalue weighted by Crippen LogP contribution is 2.02. The van der Waals surface area contributed by atoms with E-state index in [1.165, 1.54) is 0 Å². The van der Waals surface area contributed by atoms with E-state index in [4.69, 9.17) is 0 Å². The van der Waals surface area contributed by atoms with Crippen molar-refractivity contribution in [3.8, 4) is 0 Å². The Hall–Kier alpha value is -1.72. The Labute approximate surface area is 140 Å². The fraction of sp³-hybridized carbons (Fsp3) is 0.556. The van der Waals surface area contributed by atoms with Crippen LogP contribution in [0.15, 0.2) is 24.9 Å². The van der Waals surface area contributed by atoms with Crippen LogP contribution >= 0.6 is 0 Å². The summed E-state index contributed by atoms with van der Waals surface area (Å²) in [5, 5.41) is 3.18. The lowest BCUT2D eigenvalue weighted by molar-refractivity contribution is -0.130. The van der Waals surface area contributed by atoms with Crippen LogP contribution in [0.5, 0.6) is 0 Å². The average Bonchev–Trinajstić information content (AvgIpc) is 2.59. The van der Waals surface area contributed by atoms with Gasteiger partial charge in [0, 0.05) is 32.4 Å². The minimum Gasteiger partial charge on any atom is -0.341 e. The van der Waals surface area contributed by atoms with Crippen molar-refractivity contribution in [3.05, 3.63) is 36.2 Å². The van der Waals surface area contributed by atoms with Crippen LogP contribution in [0.3, 0.4) is 0 Å². The number of carbonyl (C=O) groups is 1. The summed E-state index contributed by atoms with van der Waals surface area (Å²) in [5.41, 5.74) is 1.96. The van der Waals surface area contributed by atoms with Gasteiger partial charge in [0.15, 0.2) is 0 Å². The number of carbonyl (C=O) groups excluding carboxylic acids is 1. The van der Waals surface area contributed by atoms with Crippen LogP contribution in [0.4, 0.5) is 0 Å². The Morgan fingerprint density at radius 3 is 2.61 bits per heavy atom. The van der Waals surface area contributed by atoms with Crippen molar-refractivity contribution >= 4 is 12.0 Å². The Morgan fingerprint density at radius 2 is 2.00 bits per heavy atom. The van der Waals surface area contributed by atoms with Crippen molar-refractivity contribution in [2.75, 3.05) is 39.3 Å². The third kappa shape index (κ3) is 6.93. The SMILES string of the molecule is C=Cc1ccnc(CNCC(=O)N(CC)CCN(CC)CC)c1. The summed E-state index contributed by atoms with van der Waals surface area (Å²) in [7, 11) is 0. The molecule has 23 heavy (non-hydrogen) atoms. The number of pyridine rings is 1. The molecular weight excluding hydrogens is 288 g/mol. The minimum atomic E-state index is 0.138. The molecule has 0 aromatic carbocycles. The van der Waals surface area contributed by atoms with Gasteiger partial charge in [-0.05, 0) is 37.7 Å². The zero-order valence-electron chi connectivity index (χ0n) is 14.7. The molecule has 5 heteroatoms. The number of nitrogens with one attached hydrogen (secondary N) is 1. The van der Waals surface area contributed by atoms with E-state index in [1.54, 1.807) is 12.3 Å². The highest BCUT2D eigenvalue weighted by molar-refractivity contribution is 5.78. The standard InChI is InChI=1S/C18H30N4O/c1-5-16-9-10-20-17(13-16)14-19-15-18(23)22(8-4)12-11-21(6-2)7-3/h5,9-10,13,19H,1,6-8,11-12,14-15H2,2-4H3. The number of aromatic nitrogens is 1. The van der Waals surface area contributed by atoms with Gasteiger partial charge < -0.3 is 15.1 Å². The first-order valence-corrected chi connectivity index (χ1v) is 8.42. The first kappa shape index (κ1) is 19.3. The van der Waals surface area contributed by atoms with Crippen LogP contribution in [0, 0.1) is 0 Å². The smallest absolute Gasteiger partial charge is 0.236 e. The topological polar surface area (TPSA) is 48.5 Å². The van der Waals surface area contributed by atoms with Gasteiger partial charge >= 0.3 is 0 Å². The molecular formula is C18H30N4O. The van der Waals surface area contributed by atoms with Crippen molar-refractivity contribution in [3.63, 3.8) is 0 Å². The van der Waals surface area contributed by atoms with E-state index >= 15 is 0 Å². The molecule has 5 nitrogen and oxygen atoms in total. The molecule has 0 spiro atoms. The molecule has 1 N–H and O–H groups in total. The molecule has 0 atom stereocenters. The highest BCUT2D eigenvalue weighted by atomic mass is 16.2. The molecule has 1 amide bonds. The molecule has 0 bridgehead atoms. The van der Waals surface area contributed by atoms with Gasteiger partial charge in [-0.15, -0.1) is 0 Å². The Bertz CT molecular complexity index is 486. The zero-order chi connectivity index (χ0) is 17.1. The molecule has 1 aromatic rings. The second kappa shape index (κ2) is 10.9. The summed E-state index contributed by atoms with van der Waals surface area (Å²) < 4.78 is 0.